The topological polar surface area (TPSA) is 73.1 Å². The van der Waals surface area contributed by atoms with E-state index in [0.29, 0.717) is 16.6 Å². The number of halogens is 1. The molecule has 0 aliphatic carbocycles. The molecule has 0 saturated heterocycles. The fraction of sp³-hybridized carbons (Fsp3) is 0.167. The van der Waals surface area contributed by atoms with Gasteiger partial charge in [-0.15, -0.1) is 0 Å². The van der Waals surface area contributed by atoms with E-state index in [-0.39, 0.29) is 5.82 Å². The van der Waals surface area contributed by atoms with Crippen molar-refractivity contribution in [2.75, 3.05) is 18.2 Å². The second kappa shape index (κ2) is 5.10. The molecule has 6 heteroatoms. The van der Waals surface area contributed by atoms with Crippen LogP contribution in [-0.4, -0.2) is 17.1 Å². The van der Waals surface area contributed by atoms with Crippen molar-refractivity contribution < 1.29 is 4.74 Å². The van der Waals surface area contributed by atoms with E-state index in [2.05, 4.69) is 15.3 Å². The lowest BCUT2D eigenvalue weighted by molar-refractivity contribution is 0.415. The SMILES string of the molecule is COc1c(N)ncnc1Nc1cc(C)ccc1Cl. The highest BCUT2D eigenvalue weighted by molar-refractivity contribution is 6.33. The van der Waals surface area contributed by atoms with Crippen LogP contribution >= 0.6 is 11.6 Å². The molecule has 0 amide bonds. The fourth-order valence-electron chi connectivity index (χ4n) is 1.54. The monoisotopic (exact) mass is 264 g/mol. The van der Waals surface area contributed by atoms with Crippen LogP contribution in [-0.2, 0) is 0 Å². The number of nitrogen functional groups attached to an aromatic ring is 1. The Bertz CT molecular complexity index is 574. The maximum Gasteiger partial charge on any atom is 0.204 e. The van der Waals surface area contributed by atoms with Gasteiger partial charge in [-0.25, -0.2) is 9.97 Å². The van der Waals surface area contributed by atoms with E-state index in [1.54, 1.807) is 0 Å². The number of anilines is 3. The minimum absolute atomic E-state index is 0.277. The Kier molecular flexibility index (Phi) is 3.53. The van der Waals surface area contributed by atoms with Crippen LogP contribution in [0.25, 0.3) is 0 Å². The molecule has 0 unspecified atom stereocenters. The number of aryl methyl sites for hydroxylation is 1. The summed E-state index contributed by atoms with van der Waals surface area (Å²) in [7, 11) is 1.51. The Balaban J connectivity index is 2.40. The van der Waals surface area contributed by atoms with Crippen LogP contribution in [0, 0.1) is 6.92 Å². The minimum Gasteiger partial charge on any atom is -0.490 e. The summed E-state index contributed by atoms with van der Waals surface area (Å²) in [6.07, 6.45) is 1.36. The minimum atomic E-state index is 0.277. The van der Waals surface area contributed by atoms with Crippen molar-refractivity contribution in [1.82, 2.24) is 9.97 Å². The molecule has 2 rings (SSSR count). The quantitative estimate of drug-likeness (QED) is 0.892. The number of ether oxygens (including phenoxy) is 1. The molecule has 5 nitrogen and oxygen atoms in total. The lowest BCUT2D eigenvalue weighted by Gasteiger charge is -2.12. The van der Waals surface area contributed by atoms with Crippen LogP contribution < -0.4 is 15.8 Å². The summed E-state index contributed by atoms with van der Waals surface area (Å²) >= 11 is 6.10. The third kappa shape index (κ3) is 2.46. The predicted molar refractivity (Wildman–Crippen MR) is 72.5 cm³/mol. The molecule has 0 fully saturated rings. The molecule has 0 spiro atoms. The molecule has 1 heterocycles. The predicted octanol–water partition coefficient (Wildman–Crippen LogP) is 2.77. The van der Waals surface area contributed by atoms with E-state index < -0.39 is 0 Å². The molecule has 0 aliphatic heterocycles. The Labute approximate surface area is 110 Å². The molecule has 3 N–H and O–H groups in total. The maximum atomic E-state index is 6.10. The van der Waals surface area contributed by atoms with Crippen molar-refractivity contribution in [3.8, 4) is 5.75 Å². The van der Waals surface area contributed by atoms with Crippen LogP contribution in [0.15, 0.2) is 24.5 Å². The van der Waals surface area contributed by atoms with Gasteiger partial charge in [0.05, 0.1) is 17.8 Å². The van der Waals surface area contributed by atoms with Crippen molar-refractivity contribution >= 4 is 28.9 Å². The third-order valence-electron chi connectivity index (χ3n) is 2.41. The number of hydrogen-bond acceptors (Lipinski definition) is 5. The number of nitrogens with two attached hydrogens (primary N) is 1. The number of benzene rings is 1. The van der Waals surface area contributed by atoms with Crippen LogP contribution in [0.5, 0.6) is 5.75 Å². The van der Waals surface area contributed by atoms with Gasteiger partial charge >= 0.3 is 0 Å². The van der Waals surface area contributed by atoms with Gasteiger partial charge in [-0.05, 0) is 24.6 Å². The second-order valence-corrected chi connectivity index (χ2v) is 4.16. The van der Waals surface area contributed by atoms with Gasteiger partial charge in [0.2, 0.25) is 5.75 Å². The van der Waals surface area contributed by atoms with Gasteiger partial charge in [-0.1, -0.05) is 17.7 Å². The summed E-state index contributed by atoms with van der Waals surface area (Å²) < 4.78 is 5.16. The maximum absolute atomic E-state index is 6.10. The summed E-state index contributed by atoms with van der Waals surface area (Å²) in [5.41, 5.74) is 7.53. The van der Waals surface area contributed by atoms with E-state index in [9.17, 15) is 0 Å². The van der Waals surface area contributed by atoms with Crippen molar-refractivity contribution in [2.24, 2.45) is 0 Å². The van der Waals surface area contributed by atoms with E-state index in [4.69, 9.17) is 22.1 Å². The Morgan fingerprint density at radius 3 is 2.83 bits per heavy atom. The molecule has 0 radical (unpaired) electrons. The van der Waals surface area contributed by atoms with E-state index >= 15 is 0 Å². The molecule has 94 valence electrons. The molecule has 18 heavy (non-hydrogen) atoms. The summed E-state index contributed by atoms with van der Waals surface area (Å²) in [5.74, 6) is 1.16. The van der Waals surface area contributed by atoms with Crippen LogP contribution in [0.2, 0.25) is 5.02 Å². The van der Waals surface area contributed by atoms with E-state index in [0.717, 1.165) is 11.3 Å². The number of methoxy groups -OCH3 is 1. The van der Waals surface area contributed by atoms with Gasteiger partial charge in [-0.3, -0.25) is 0 Å². The number of aromatic nitrogens is 2. The van der Waals surface area contributed by atoms with E-state index in [1.165, 1.54) is 13.4 Å². The molecule has 0 atom stereocenters. The highest BCUT2D eigenvalue weighted by atomic mass is 35.5. The lowest BCUT2D eigenvalue weighted by Crippen LogP contribution is -2.03. The van der Waals surface area contributed by atoms with Gasteiger partial charge in [-0.2, -0.15) is 0 Å². The zero-order valence-corrected chi connectivity index (χ0v) is 10.8. The second-order valence-electron chi connectivity index (χ2n) is 3.75. The first-order valence-corrected chi connectivity index (χ1v) is 5.67. The van der Waals surface area contributed by atoms with Crippen LogP contribution in [0.1, 0.15) is 5.56 Å². The zero-order valence-electron chi connectivity index (χ0n) is 10.1. The molecular weight excluding hydrogens is 252 g/mol. The third-order valence-corrected chi connectivity index (χ3v) is 2.74. The molecule has 1 aromatic heterocycles. The Morgan fingerprint density at radius 2 is 2.11 bits per heavy atom. The Hall–Kier alpha value is -2.01. The first-order chi connectivity index (χ1) is 8.61. The molecule has 2 aromatic rings. The van der Waals surface area contributed by atoms with Gasteiger partial charge < -0.3 is 15.8 Å². The normalized spacial score (nSPS) is 10.2. The fourth-order valence-corrected chi connectivity index (χ4v) is 1.70. The molecule has 0 saturated carbocycles. The number of hydrogen-bond donors (Lipinski definition) is 2. The summed E-state index contributed by atoms with van der Waals surface area (Å²) in [6.45, 7) is 1.98. The highest BCUT2D eigenvalue weighted by Gasteiger charge is 2.11. The highest BCUT2D eigenvalue weighted by Crippen LogP contribution is 2.32. The first kappa shape index (κ1) is 12.4. The van der Waals surface area contributed by atoms with Crippen molar-refractivity contribution in [3.05, 3.63) is 35.1 Å². The van der Waals surface area contributed by atoms with Crippen molar-refractivity contribution in [3.63, 3.8) is 0 Å². The van der Waals surface area contributed by atoms with Gasteiger partial charge in [0, 0.05) is 0 Å². The summed E-state index contributed by atoms with van der Waals surface area (Å²) in [5, 5.41) is 3.68. The van der Waals surface area contributed by atoms with Gasteiger partial charge in [0.15, 0.2) is 11.6 Å². The molecule has 1 aromatic carbocycles. The average molecular weight is 265 g/mol. The van der Waals surface area contributed by atoms with E-state index in [1.807, 2.05) is 25.1 Å². The number of nitrogens with zero attached hydrogens (tertiary/aromatic N) is 2. The number of rotatable bonds is 3. The first-order valence-electron chi connectivity index (χ1n) is 5.29. The van der Waals surface area contributed by atoms with Gasteiger partial charge in [0.1, 0.15) is 6.33 Å². The molecular formula is C12H13ClN4O. The van der Waals surface area contributed by atoms with Crippen LogP contribution in [0.3, 0.4) is 0 Å². The molecule has 0 bridgehead atoms. The van der Waals surface area contributed by atoms with Crippen LogP contribution in [0.4, 0.5) is 17.3 Å². The smallest absolute Gasteiger partial charge is 0.204 e. The molecule has 0 aliphatic rings. The zero-order chi connectivity index (χ0) is 13.1. The standard InChI is InChI=1S/C12H13ClN4O/c1-7-3-4-8(13)9(5-7)17-12-10(18-2)11(14)15-6-16-12/h3-6H,1-2H3,(H3,14,15,16,17). The largest absolute Gasteiger partial charge is 0.490 e. The van der Waals surface area contributed by atoms with Gasteiger partial charge in [0.25, 0.3) is 0 Å². The summed E-state index contributed by atoms with van der Waals surface area (Å²) in [6, 6.07) is 5.66. The summed E-state index contributed by atoms with van der Waals surface area (Å²) in [4.78, 5) is 7.95. The van der Waals surface area contributed by atoms with Crippen molar-refractivity contribution in [1.29, 1.82) is 0 Å². The van der Waals surface area contributed by atoms with Crippen molar-refractivity contribution in [2.45, 2.75) is 6.92 Å². The average Bonchev–Trinajstić information content (AvgIpc) is 2.34. The number of nitrogens with one attached hydrogen (secondary N) is 1. The lowest BCUT2D eigenvalue weighted by atomic mass is 10.2. The Morgan fingerprint density at radius 1 is 1.33 bits per heavy atom.